The van der Waals surface area contributed by atoms with Gasteiger partial charge in [0.05, 0.1) is 6.61 Å². The monoisotopic (exact) mass is 180 g/mol. The van der Waals surface area contributed by atoms with Gasteiger partial charge >= 0.3 is 0 Å². The smallest absolute Gasteiger partial charge is 0.0701 e. The minimum atomic E-state index is 0.0860. The number of para-hydroxylation sites is 1. The maximum atomic E-state index is 9.02. The molecule has 1 aromatic rings. The zero-order valence-corrected chi connectivity index (χ0v) is 7.88. The van der Waals surface area contributed by atoms with Gasteiger partial charge in [0.15, 0.2) is 0 Å². The maximum absolute atomic E-state index is 9.02. The van der Waals surface area contributed by atoms with Crippen LogP contribution in [0.5, 0.6) is 0 Å². The molecule has 1 rings (SSSR count). The number of hydrogen-bond donors (Lipinski definition) is 3. The third-order valence-corrected chi connectivity index (χ3v) is 1.88. The van der Waals surface area contributed by atoms with Crippen molar-refractivity contribution in [2.45, 2.75) is 6.61 Å². The largest absolute Gasteiger partial charge is 0.392 e. The van der Waals surface area contributed by atoms with Gasteiger partial charge in [0.25, 0.3) is 0 Å². The van der Waals surface area contributed by atoms with Gasteiger partial charge in [-0.3, -0.25) is 0 Å². The van der Waals surface area contributed by atoms with Crippen LogP contribution in [0.3, 0.4) is 0 Å². The predicted molar refractivity (Wildman–Crippen MR) is 54.8 cm³/mol. The molecule has 0 unspecified atom stereocenters. The number of nitrogens with one attached hydrogen (secondary N) is 2. The van der Waals surface area contributed by atoms with Gasteiger partial charge in [-0.2, -0.15) is 0 Å². The summed E-state index contributed by atoms with van der Waals surface area (Å²) in [5.74, 6) is 0. The normalized spacial score (nSPS) is 10.0. The van der Waals surface area contributed by atoms with Crippen LogP contribution in [0.25, 0.3) is 0 Å². The topological polar surface area (TPSA) is 44.3 Å². The Morgan fingerprint density at radius 1 is 1.23 bits per heavy atom. The fourth-order valence-electron chi connectivity index (χ4n) is 1.15. The molecule has 0 aromatic heterocycles. The minimum Gasteiger partial charge on any atom is -0.392 e. The summed E-state index contributed by atoms with van der Waals surface area (Å²) >= 11 is 0. The van der Waals surface area contributed by atoms with E-state index in [1.165, 1.54) is 0 Å². The van der Waals surface area contributed by atoms with Gasteiger partial charge in [-0.05, 0) is 13.1 Å². The number of aliphatic hydroxyl groups is 1. The molecule has 3 nitrogen and oxygen atoms in total. The van der Waals surface area contributed by atoms with Crippen molar-refractivity contribution in [3.63, 3.8) is 0 Å². The molecule has 13 heavy (non-hydrogen) atoms. The number of benzene rings is 1. The van der Waals surface area contributed by atoms with E-state index in [1.807, 2.05) is 31.3 Å². The van der Waals surface area contributed by atoms with Crippen LogP contribution in [0.1, 0.15) is 5.56 Å². The summed E-state index contributed by atoms with van der Waals surface area (Å²) in [6.45, 7) is 1.87. The van der Waals surface area contributed by atoms with Gasteiger partial charge in [-0.15, -0.1) is 0 Å². The second kappa shape index (κ2) is 5.56. The highest BCUT2D eigenvalue weighted by atomic mass is 16.3. The van der Waals surface area contributed by atoms with Crippen molar-refractivity contribution >= 4 is 5.69 Å². The van der Waals surface area contributed by atoms with E-state index in [2.05, 4.69) is 10.6 Å². The first-order chi connectivity index (χ1) is 6.38. The Hall–Kier alpha value is -1.06. The molecule has 72 valence electrons. The highest BCUT2D eigenvalue weighted by molar-refractivity contribution is 5.50. The Morgan fingerprint density at radius 2 is 2.00 bits per heavy atom. The fraction of sp³-hybridized carbons (Fsp3) is 0.400. The molecule has 3 N–H and O–H groups in total. The summed E-state index contributed by atoms with van der Waals surface area (Å²) in [7, 11) is 1.92. The summed E-state index contributed by atoms with van der Waals surface area (Å²) in [6, 6.07) is 7.78. The molecule has 0 aliphatic rings. The van der Waals surface area contributed by atoms with Crippen molar-refractivity contribution in [2.75, 3.05) is 25.5 Å². The molecule has 0 heterocycles. The molecule has 1 aromatic carbocycles. The lowest BCUT2D eigenvalue weighted by Gasteiger charge is -2.09. The zero-order valence-electron chi connectivity index (χ0n) is 7.88. The quantitative estimate of drug-likeness (QED) is 0.587. The zero-order chi connectivity index (χ0) is 9.52. The average Bonchev–Trinajstić information content (AvgIpc) is 2.19. The molecule has 0 amide bonds. The van der Waals surface area contributed by atoms with E-state index in [1.54, 1.807) is 0 Å². The lowest BCUT2D eigenvalue weighted by molar-refractivity contribution is 0.282. The first-order valence-corrected chi connectivity index (χ1v) is 4.45. The molecule has 0 fully saturated rings. The fourth-order valence-corrected chi connectivity index (χ4v) is 1.15. The summed E-state index contributed by atoms with van der Waals surface area (Å²) in [5.41, 5.74) is 1.96. The van der Waals surface area contributed by atoms with Gasteiger partial charge < -0.3 is 15.7 Å². The third kappa shape index (κ3) is 3.05. The van der Waals surface area contributed by atoms with E-state index in [0.29, 0.717) is 0 Å². The van der Waals surface area contributed by atoms with E-state index in [-0.39, 0.29) is 6.61 Å². The van der Waals surface area contributed by atoms with Crippen molar-refractivity contribution in [2.24, 2.45) is 0 Å². The lowest BCUT2D eigenvalue weighted by Crippen LogP contribution is -2.18. The molecule has 0 saturated carbocycles. The van der Waals surface area contributed by atoms with Gasteiger partial charge in [0.2, 0.25) is 0 Å². The SMILES string of the molecule is CNCCNc1ccccc1CO. The van der Waals surface area contributed by atoms with Crippen molar-refractivity contribution in [3.8, 4) is 0 Å². The standard InChI is InChI=1S/C10H16N2O/c1-11-6-7-12-10-5-3-2-4-9(10)8-13/h2-5,11-13H,6-8H2,1H3. The molecular formula is C10H16N2O. The highest BCUT2D eigenvalue weighted by Gasteiger charge is 1.97. The third-order valence-electron chi connectivity index (χ3n) is 1.88. The van der Waals surface area contributed by atoms with Crippen LogP contribution < -0.4 is 10.6 Å². The van der Waals surface area contributed by atoms with E-state index in [0.717, 1.165) is 24.3 Å². The molecule has 0 aliphatic heterocycles. The number of likely N-dealkylation sites (N-methyl/N-ethyl adjacent to an activating group) is 1. The van der Waals surface area contributed by atoms with Gasteiger partial charge in [0.1, 0.15) is 0 Å². The molecular weight excluding hydrogens is 164 g/mol. The molecule has 0 radical (unpaired) electrons. The van der Waals surface area contributed by atoms with Crippen LogP contribution in [-0.2, 0) is 6.61 Å². The van der Waals surface area contributed by atoms with Crippen molar-refractivity contribution in [1.82, 2.24) is 5.32 Å². The molecule has 0 saturated heterocycles. The van der Waals surface area contributed by atoms with Gasteiger partial charge in [-0.25, -0.2) is 0 Å². The number of rotatable bonds is 5. The Morgan fingerprint density at radius 3 is 2.69 bits per heavy atom. The van der Waals surface area contributed by atoms with Gasteiger partial charge in [-0.1, -0.05) is 18.2 Å². The second-order valence-electron chi connectivity index (χ2n) is 2.85. The van der Waals surface area contributed by atoms with E-state index in [9.17, 15) is 0 Å². The van der Waals surface area contributed by atoms with Crippen LogP contribution in [0.15, 0.2) is 24.3 Å². The number of aliphatic hydroxyl groups excluding tert-OH is 1. The minimum absolute atomic E-state index is 0.0860. The lowest BCUT2D eigenvalue weighted by atomic mass is 10.2. The molecule has 0 aliphatic carbocycles. The Kier molecular flexibility index (Phi) is 4.29. The second-order valence-corrected chi connectivity index (χ2v) is 2.85. The van der Waals surface area contributed by atoms with Crippen LogP contribution >= 0.6 is 0 Å². The van der Waals surface area contributed by atoms with Crippen molar-refractivity contribution in [1.29, 1.82) is 0 Å². The Labute approximate surface area is 78.8 Å². The average molecular weight is 180 g/mol. The van der Waals surface area contributed by atoms with Crippen molar-refractivity contribution < 1.29 is 5.11 Å². The first-order valence-electron chi connectivity index (χ1n) is 4.45. The van der Waals surface area contributed by atoms with E-state index >= 15 is 0 Å². The summed E-state index contributed by atoms with van der Waals surface area (Å²) < 4.78 is 0. The van der Waals surface area contributed by atoms with Crippen molar-refractivity contribution in [3.05, 3.63) is 29.8 Å². The summed E-state index contributed by atoms with van der Waals surface area (Å²) in [5, 5.41) is 15.3. The first kappa shape index (κ1) is 10.0. The van der Waals surface area contributed by atoms with E-state index < -0.39 is 0 Å². The van der Waals surface area contributed by atoms with E-state index in [4.69, 9.17) is 5.11 Å². The maximum Gasteiger partial charge on any atom is 0.0701 e. The summed E-state index contributed by atoms with van der Waals surface area (Å²) in [4.78, 5) is 0. The molecule has 3 heteroatoms. The van der Waals surface area contributed by atoms with Gasteiger partial charge in [0, 0.05) is 24.3 Å². The predicted octanol–water partition coefficient (Wildman–Crippen LogP) is 0.810. The van der Waals surface area contributed by atoms with Crippen LogP contribution in [-0.4, -0.2) is 25.2 Å². The van der Waals surface area contributed by atoms with Crippen LogP contribution in [0.2, 0.25) is 0 Å². The number of hydrogen-bond acceptors (Lipinski definition) is 3. The number of anilines is 1. The molecule has 0 bridgehead atoms. The Balaban J connectivity index is 2.54. The molecule has 0 spiro atoms. The van der Waals surface area contributed by atoms with Crippen LogP contribution in [0, 0.1) is 0 Å². The molecule has 0 atom stereocenters. The Bertz CT molecular complexity index is 250. The summed E-state index contributed by atoms with van der Waals surface area (Å²) in [6.07, 6.45) is 0. The highest BCUT2D eigenvalue weighted by Crippen LogP contribution is 2.13. The van der Waals surface area contributed by atoms with Crippen LogP contribution in [0.4, 0.5) is 5.69 Å².